The number of carbonyl (C=O) groups excluding carboxylic acids is 1. The molecular formula is C14H20O3. The first kappa shape index (κ1) is 11.3. The van der Waals surface area contributed by atoms with Crippen LogP contribution in [0.3, 0.4) is 0 Å². The molecule has 2 bridgehead atoms. The van der Waals surface area contributed by atoms with Gasteiger partial charge in [-0.2, -0.15) is 0 Å². The van der Waals surface area contributed by atoms with Gasteiger partial charge in [0.05, 0.1) is 6.10 Å². The van der Waals surface area contributed by atoms with E-state index in [1.807, 2.05) is 20.8 Å². The van der Waals surface area contributed by atoms with E-state index in [0.717, 1.165) is 5.92 Å². The second-order valence-corrected chi connectivity index (χ2v) is 6.50. The van der Waals surface area contributed by atoms with Gasteiger partial charge in [0.15, 0.2) is 6.10 Å². The summed E-state index contributed by atoms with van der Waals surface area (Å²) >= 11 is 0. The quantitative estimate of drug-likeness (QED) is 0.419. The number of esters is 1. The third-order valence-electron chi connectivity index (χ3n) is 3.92. The smallest absolute Gasteiger partial charge is 0.338 e. The zero-order valence-corrected chi connectivity index (χ0v) is 10.7. The average Bonchev–Trinajstić information content (AvgIpc) is 2.73. The third kappa shape index (κ3) is 2.13. The monoisotopic (exact) mass is 236 g/mol. The maximum atomic E-state index is 11.8. The van der Waals surface area contributed by atoms with Crippen molar-refractivity contribution in [3.05, 3.63) is 12.2 Å². The van der Waals surface area contributed by atoms with E-state index < -0.39 is 5.60 Å². The van der Waals surface area contributed by atoms with Gasteiger partial charge in [0.25, 0.3) is 0 Å². The molecule has 94 valence electrons. The van der Waals surface area contributed by atoms with Crippen LogP contribution in [0, 0.1) is 17.8 Å². The number of hydrogen-bond acceptors (Lipinski definition) is 3. The van der Waals surface area contributed by atoms with Crippen LogP contribution in [0.4, 0.5) is 0 Å². The summed E-state index contributed by atoms with van der Waals surface area (Å²) in [6, 6.07) is 0. The Balaban J connectivity index is 1.56. The van der Waals surface area contributed by atoms with Crippen molar-refractivity contribution in [3.8, 4) is 0 Å². The molecule has 0 N–H and O–H groups in total. The van der Waals surface area contributed by atoms with Crippen LogP contribution in [0.25, 0.3) is 0 Å². The van der Waals surface area contributed by atoms with Crippen molar-refractivity contribution in [2.45, 2.75) is 51.4 Å². The van der Waals surface area contributed by atoms with Crippen molar-refractivity contribution in [2.75, 3.05) is 0 Å². The highest BCUT2D eigenvalue weighted by Crippen LogP contribution is 2.50. The number of fused-ring (bicyclic) bond motifs is 2. The fourth-order valence-corrected chi connectivity index (χ4v) is 3.20. The molecule has 5 unspecified atom stereocenters. The first-order valence-electron chi connectivity index (χ1n) is 6.51. The van der Waals surface area contributed by atoms with Crippen LogP contribution < -0.4 is 0 Å². The molecule has 3 rings (SSSR count). The molecule has 0 spiro atoms. The lowest BCUT2D eigenvalue weighted by Gasteiger charge is -2.19. The molecule has 3 aliphatic rings. The molecule has 0 aromatic heterocycles. The van der Waals surface area contributed by atoms with E-state index in [1.54, 1.807) is 0 Å². The molecule has 1 aliphatic heterocycles. The second-order valence-electron chi connectivity index (χ2n) is 6.50. The van der Waals surface area contributed by atoms with Gasteiger partial charge < -0.3 is 9.47 Å². The number of rotatable bonds is 2. The number of carbonyl (C=O) groups is 1. The van der Waals surface area contributed by atoms with Gasteiger partial charge in [-0.25, -0.2) is 4.79 Å². The molecule has 5 atom stereocenters. The standard InChI is InChI=1S/C14H20O3/c1-14(2,3)17-13(15)12-11(16-12)10-7-8-4-5-9(10)6-8/h4-5,8-12H,6-7H2,1-3H3. The Bertz CT molecular complexity index is 366. The van der Waals surface area contributed by atoms with Crippen molar-refractivity contribution >= 4 is 5.97 Å². The molecule has 1 saturated heterocycles. The van der Waals surface area contributed by atoms with E-state index in [4.69, 9.17) is 9.47 Å². The Morgan fingerprint density at radius 1 is 1.29 bits per heavy atom. The third-order valence-corrected chi connectivity index (χ3v) is 3.92. The van der Waals surface area contributed by atoms with E-state index in [-0.39, 0.29) is 18.2 Å². The summed E-state index contributed by atoms with van der Waals surface area (Å²) in [6.45, 7) is 5.67. The summed E-state index contributed by atoms with van der Waals surface area (Å²) in [6.07, 6.45) is 6.87. The normalized spacial score (nSPS) is 42.9. The summed E-state index contributed by atoms with van der Waals surface area (Å²) in [5.41, 5.74) is -0.415. The zero-order valence-electron chi connectivity index (χ0n) is 10.7. The minimum atomic E-state index is -0.415. The molecule has 0 radical (unpaired) electrons. The predicted molar refractivity (Wildman–Crippen MR) is 63.4 cm³/mol. The molecule has 0 aromatic rings. The lowest BCUT2D eigenvalue weighted by atomic mass is 9.89. The van der Waals surface area contributed by atoms with Crippen LogP contribution in [0.2, 0.25) is 0 Å². The largest absolute Gasteiger partial charge is 0.458 e. The highest BCUT2D eigenvalue weighted by atomic mass is 16.6. The Hall–Kier alpha value is -0.830. The lowest BCUT2D eigenvalue weighted by Crippen LogP contribution is -2.29. The lowest BCUT2D eigenvalue weighted by molar-refractivity contribution is -0.156. The van der Waals surface area contributed by atoms with Gasteiger partial charge in [-0.15, -0.1) is 0 Å². The molecule has 3 nitrogen and oxygen atoms in total. The van der Waals surface area contributed by atoms with Gasteiger partial charge in [0.2, 0.25) is 0 Å². The minimum Gasteiger partial charge on any atom is -0.458 e. The molecule has 2 fully saturated rings. The van der Waals surface area contributed by atoms with Gasteiger partial charge in [-0.05, 0) is 51.4 Å². The predicted octanol–water partition coefficient (Wildman–Crippen LogP) is 2.31. The number of allylic oxidation sites excluding steroid dienone is 2. The molecule has 2 aliphatic carbocycles. The van der Waals surface area contributed by atoms with Crippen LogP contribution in [-0.4, -0.2) is 23.8 Å². The SMILES string of the molecule is CC(C)(C)OC(=O)C1OC1C1CC2C=CC1C2. The van der Waals surface area contributed by atoms with Gasteiger partial charge in [0, 0.05) is 0 Å². The Kier molecular flexibility index (Phi) is 2.37. The highest BCUT2D eigenvalue weighted by molar-refractivity contribution is 5.78. The van der Waals surface area contributed by atoms with Gasteiger partial charge >= 0.3 is 5.97 Å². The summed E-state index contributed by atoms with van der Waals surface area (Å²) in [7, 11) is 0. The maximum absolute atomic E-state index is 11.8. The fraction of sp³-hybridized carbons (Fsp3) is 0.786. The van der Waals surface area contributed by atoms with Crippen LogP contribution in [0.15, 0.2) is 12.2 Å². The van der Waals surface area contributed by atoms with Crippen molar-refractivity contribution in [2.24, 2.45) is 17.8 Å². The molecule has 0 aromatic carbocycles. The second kappa shape index (κ2) is 3.58. The topological polar surface area (TPSA) is 38.8 Å². The zero-order chi connectivity index (χ0) is 12.2. The number of ether oxygens (including phenoxy) is 2. The Labute approximate surface area is 102 Å². The highest BCUT2D eigenvalue weighted by Gasteiger charge is 2.56. The van der Waals surface area contributed by atoms with E-state index in [9.17, 15) is 4.79 Å². The van der Waals surface area contributed by atoms with Crippen molar-refractivity contribution in [3.63, 3.8) is 0 Å². The van der Waals surface area contributed by atoms with Gasteiger partial charge in [-0.1, -0.05) is 12.2 Å². The molecular weight excluding hydrogens is 216 g/mol. The Morgan fingerprint density at radius 2 is 2.06 bits per heavy atom. The average molecular weight is 236 g/mol. The Morgan fingerprint density at radius 3 is 2.59 bits per heavy atom. The number of hydrogen-bond donors (Lipinski definition) is 0. The summed E-state index contributed by atoms with van der Waals surface area (Å²) in [5, 5.41) is 0. The van der Waals surface area contributed by atoms with E-state index >= 15 is 0 Å². The van der Waals surface area contributed by atoms with Crippen LogP contribution in [-0.2, 0) is 14.3 Å². The van der Waals surface area contributed by atoms with Gasteiger partial charge in [-0.3, -0.25) is 0 Å². The first-order valence-corrected chi connectivity index (χ1v) is 6.51. The maximum Gasteiger partial charge on any atom is 0.338 e. The van der Waals surface area contributed by atoms with Crippen molar-refractivity contribution in [1.29, 1.82) is 0 Å². The van der Waals surface area contributed by atoms with Crippen molar-refractivity contribution in [1.82, 2.24) is 0 Å². The van der Waals surface area contributed by atoms with Crippen molar-refractivity contribution < 1.29 is 14.3 Å². The van der Waals surface area contributed by atoms with E-state index in [1.165, 1.54) is 12.8 Å². The van der Waals surface area contributed by atoms with Crippen LogP contribution >= 0.6 is 0 Å². The minimum absolute atomic E-state index is 0.116. The van der Waals surface area contributed by atoms with E-state index in [0.29, 0.717) is 11.8 Å². The molecule has 17 heavy (non-hydrogen) atoms. The van der Waals surface area contributed by atoms with Crippen LogP contribution in [0.1, 0.15) is 33.6 Å². The van der Waals surface area contributed by atoms with E-state index in [2.05, 4.69) is 12.2 Å². The molecule has 3 heteroatoms. The molecule has 1 heterocycles. The summed E-state index contributed by atoms with van der Waals surface area (Å²) in [5.74, 6) is 1.72. The summed E-state index contributed by atoms with van der Waals surface area (Å²) < 4.78 is 10.9. The molecule has 1 saturated carbocycles. The van der Waals surface area contributed by atoms with Gasteiger partial charge in [0.1, 0.15) is 5.60 Å². The van der Waals surface area contributed by atoms with Crippen LogP contribution in [0.5, 0.6) is 0 Å². The fourth-order valence-electron chi connectivity index (χ4n) is 3.20. The first-order chi connectivity index (χ1) is 7.94. The number of epoxide rings is 1. The summed E-state index contributed by atoms with van der Waals surface area (Å²) in [4.78, 5) is 11.8. The molecule has 0 amide bonds.